The fourth-order valence-corrected chi connectivity index (χ4v) is 4.40. The molecule has 0 radical (unpaired) electrons. The van der Waals surface area contributed by atoms with Crippen LogP contribution in [0, 0.1) is 0 Å². The van der Waals surface area contributed by atoms with Crippen molar-refractivity contribution in [2.24, 2.45) is 0 Å². The lowest BCUT2D eigenvalue weighted by Gasteiger charge is -2.23. The van der Waals surface area contributed by atoms with Crippen molar-refractivity contribution >= 4 is 43.5 Å². The van der Waals surface area contributed by atoms with Crippen molar-refractivity contribution < 1.29 is 17.9 Å². The minimum Gasteiger partial charge on any atom is -0.383 e. The molecule has 0 fully saturated rings. The number of carbonyl (C=O) groups is 1. The lowest BCUT2D eigenvalue weighted by Crippen LogP contribution is -2.44. The van der Waals surface area contributed by atoms with Gasteiger partial charge in [-0.1, -0.05) is 45.7 Å². The summed E-state index contributed by atoms with van der Waals surface area (Å²) in [6.45, 7) is 1.75. The number of nitrogens with one attached hydrogen (secondary N) is 1. The SMILES string of the molecule is COC[C@H](C)NC(=O)CN(Cc1ccccc1Cl)S(=O)(=O)c1ccc(Br)cc1. The molecule has 0 bridgehead atoms. The van der Waals surface area contributed by atoms with Gasteiger partial charge in [0.15, 0.2) is 0 Å². The van der Waals surface area contributed by atoms with Crippen LogP contribution in [-0.2, 0) is 26.1 Å². The van der Waals surface area contributed by atoms with E-state index in [4.69, 9.17) is 16.3 Å². The first-order valence-electron chi connectivity index (χ1n) is 8.51. The molecule has 0 aliphatic carbocycles. The number of benzene rings is 2. The third-order valence-electron chi connectivity index (χ3n) is 3.90. The van der Waals surface area contributed by atoms with Crippen molar-refractivity contribution in [1.82, 2.24) is 9.62 Å². The number of rotatable bonds is 9. The average molecular weight is 490 g/mol. The van der Waals surface area contributed by atoms with Crippen LogP contribution in [0.25, 0.3) is 0 Å². The van der Waals surface area contributed by atoms with Crippen LogP contribution in [0.2, 0.25) is 5.02 Å². The Balaban J connectivity index is 2.31. The zero-order valence-corrected chi connectivity index (χ0v) is 18.7. The molecule has 2 aromatic rings. The number of amides is 1. The van der Waals surface area contributed by atoms with E-state index in [0.29, 0.717) is 17.2 Å². The lowest BCUT2D eigenvalue weighted by molar-refractivity contribution is -0.122. The number of nitrogens with zero attached hydrogens (tertiary/aromatic N) is 1. The predicted octanol–water partition coefficient (Wildman–Crippen LogP) is 3.44. The van der Waals surface area contributed by atoms with Gasteiger partial charge in [-0.15, -0.1) is 0 Å². The van der Waals surface area contributed by atoms with E-state index in [1.807, 2.05) is 0 Å². The summed E-state index contributed by atoms with van der Waals surface area (Å²) in [5, 5.41) is 3.17. The van der Waals surface area contributed by atoms with Gasteiger partial charge in [-0.3, -0.25) is 4.79 Å². The smallest absolute Gasteiger partial charge is 0.243 e. The van der Waals surface area contributed by atoms with Crippen LogP contribution in [0.1, 0.15) is 12.5 Å². The molecular weight excluding hydrogens is 468 g/mol. The van der Waals surface area contributed by atoms with E-state index in [1.165, 1.54) is 19.2 Å². The van der Waals surface area contributed by atoms with Crippen molar-refractivity contribution in [2.75, 3.05) is 20.3 Å². The molecule has 1 amide bonds. The second kappa shape index (κ2) is 10.4. The maximum absolute atomic E-state index is 13.2. The Morgan fingerprint density at radius 2 is 1.86 bits per heavy atom. The van der Waals surface area contributed by atoms with Crippen LogP contribution in [-0.4, -0.2) is 44.9 Å². The summed E-state index contributed by atoms with van der Waals surface area (Å²) in [6, 6.07) is 13.0. The van der Waals surface area contributed by atoms with Crippen molar-refractivity contribution in [1.29, 1.82) is 0 Å². The molecule has 6 nitrogen and oxygen atoms in total. The van der Waals surface area contributed by atoms with Crippen molar-refractivity contribution in [3.63, 3.8) is 0 Å². The van der Waals surface area contributed by atoms with E-state index in [2.05, 4.69) is 21.2 Å². The zero-order chi connectivity index (χ0) is 20.7. The van der Waals surface area contributed by atoms with Crippen LogP contribution in [0.5, 0.6) is 0 Å². The van der Waals surface area contributed by atoms with E-state index < -0.39 is 15.9 Å². The Kier molecular flexibility index (Phi) is 8.45. The van der Waals surface area contributed by atoms with Gasteiger partial charge in [-0.25, -0.2) is 8.42 Å². The van der Waals surface area contributed by atoms with E-state index in [1.54, 1.807) is 43.3 Å². The van der Waals surface area contributed by atoms with Crippen LogP contribution in [0.4, 0.5) is 0 Å². The summed E-state index contributed by atoms with van der Waals surface area (Å²) in [6.07, 6.45) is 0. The largest absolute Gasteiger partial charge is 0.383 e. The first-order valence-corrected chi connectivity index (χ1v) is 11.1. The molecule has 2 aromatic carbocycles. The first kappa shape index (κ1) is 22.8. The van der Waals surface area contributed by atoms with E-state index in [0.717, 1.165) is 8.78 Å². The number of methoxy groups -OCH3 is 1. The summed E-state index contributed by atoms with van der Waals surface area (Å²) in [5.74, 6) is -0.419. The van der Waals surface area contributed by atoms with Gasteiger partial charge in [-0.2, -0.15) is 4.31 Å². The summed E-state index contributed by atoms with van der Waals surface area (Å²) in [5.41, 5.74) is 0.614. The normalized spacial score (nSPS) is 12.8. The van der Waals surface area contributed by atoms with Crippen molar-refractivity contribution in [2.45, 2.75) is 24.4 Å². The molecule has 9 heteroatoms. The predicted molar refractivity (Wildman–Crippen MR) is 113 cm³/mol. The standard InChI is InChI=1S/C19H22BrClN2O4S/c1-14(13-27-2)22-19(24)12-23(11-15-5-3-4-6-18(15)21)28(25,26)17-9-7-16(20)8-10-17/h3-10,14H,11-13H2,1-2H3,(H,22,24)/t14-/m0/s1. The highest BCUT2D eigenvalue weighted by atomic mass is 79.9. The molecule has 0 aromatic heterocycles. The molecular formula is C19H22BrClN2O4S. The fraction of sp³-hybridized carbons (Fsp3) is 0.316. The van der Waals surface area contributed by atoms with Crippen molar-refractivity contribution in [3.05, 3.63) is 63.6 Å². The molecule has 0 aliphatic rings. The third-order valence-corrected chi connectivity index (χ3v) is 6.60. The molecule has 0 aliphatic heterocycles. The maximum Gasteiger partial charge on any atom is 0.243 e. The minimum atomic E-state index is -3.91. The molecule has 1 atom stereocenters. The summed E-state index contributed by atoms with van der Waals surface area (Å²) < 4.78 is 33.2. The van der Waals surface area contributed by atoms with Gasteiger partial charge in [0, 0.05) is 29.2 Å². The molecule has 0 heterocycles. The summed E-state index contributed by atoms with van der Waals surface area (Å²) in [4.78, 5) is 12.5. The quantitative estimate of drug-likeness (QED) is 0.585. The van der Waals surface area contributed by atoms with E-state index in [9.17, 15) is 13.2 Å². The van der Waals surface area contributed by atoms with Crippen LogP contribution >= 0.6 is 27.5 Å². The molecule has 28 heavy (non-hydrogen) atoms. The molecule has 1 N–H and O–H groups in total. The van der Waals surface area contributed by atoms with Gasteiger partial charge in [0.25, 0.3) is 0 Å². The number of hydrogen-bond acceptors (Lipinski definition) is 4. The number of sulfonamides is 1. The highest BCUT2D eigenvalue weighted by molar-refractivity contribution is 9.10. The van der Waals surface area contributed by atoms with Gasteiger partial charge in [-0.05, 0) is 42.8 Å². The third kappa shape index (κ3) is 6.28. The second-order valence-corrected chi connectivity index (χ2v) is 9.50. The van der Waals surface area contributed by atoms with Crippen LogP contribution in [0.15, 0.2) is 57.9 Å². The van der Waals surface area contributed by atoms with E-state index in [-0.39, 0.29) is 24.0 Å². The lowest BCUT2D eigenvalue weighted by atomic mass is 10.2. The fourth-order valence-electron chi connectivity index (χ4n) is 2.57. The number of carbonyl (C=O) groups excluding carboxylic acids is 1. The topological polar surface area (TPSA) is 75.7 Å². The second-order valence-electron chi connectivity index (χ2n) is 6.24. The van der Waals surface area contributed by atoms with Gasteiger partial charge in [0.2, 0.25) is 15.9 Å². The Morgan fingerprint density at radius 1 is 1.21 bits per heavy atom. The van der Waals surface area contributed by atoms with Crippen LogP contribution < -0.4 is 5.32 Å². The minimum absolute atomic E-state index is 0.0237. The molecule has 152 valence electrons. The Labute approximate surface area is 179 Å². The molecule has 0 saturated carbocycles. The number of hydrogen-bond donors (Lipinski definition) is 1. The van der Waals surface area contributed by atoms with Gasteiger partial charge in [0.1, 0.15) is 0 Å². The Bertz CT molecular complexity index is 906. The zero-order valence-electron chi connectivity index (χ0n) is 15.6. The average Bonchev–Trinajstić information content (AvgIpc) is 2.63. The van der Waals surface area contributed by atoms with Crippen LogP contribution in [0.3, 0.4) is 0 Å². The Morgan fingerprint density at radius 3 is 2.46 bits per heavy atom. The molecule has 2 rings (SSSR count). The number of ether oxygens (including phenoxy) is 1. The maximum atomic E-state index is 13.2. The summed E-state index contributed by atoms with van der Waals surface area (Å²) >= 11 is 9.50. The number of halogens is 2. The van der Waals surface area contributed by atoms with Crippen molar-refractivity contribution in [3.8, 4) is 0 Å². The highest BCUT2D eigenvalue weighted by Crippen LogP contribution is 2.23. The molecule has 0 unspecified atom stereocenters. The Hall–Kier alpha value is -1.45. The van der Waals surface area contributed by atoms with Gasteiger partial charge < -0.3 is 10.1 Å². The van der Waals surface area contributed by atoms with E-state index >= 15 is 0 Å². The van der Waals surface area contributed by atoms with Gasteiger partial charge >= 0.3 is 0 Å². The van der Waals surface area contributed by atoms with Gasteiger partial charge in [0.05, 0.1) is 18.0 Å². The molecule has 0 saturated heterocycles. The monoisotopic (exact) mass is 488 g/mol. The summed E-state index contributed by atoms with van der Waals surface area (Å²) in [7, 11) is -2.38. The highest BCUT2D eigenvalue weighted by Gasteiger charge is 2.28. The first-order chi connectivity index (χ1) is 13.2. The molecule has 0 spiro atoms.